The van der Waals surface area contributed by atoms with Crippen molar-refractivity contribution in [1.29, 1.82) is 0 Å². The monoisotopic (exact) mass is 263 g/mol. The zero-order valence-corrected chi connectivity index (χ0v) is 11.4. The summed E-state index contributed by atoms with van der Waals surface area (Å²) < 4.78 is 0. The highest BCUT2D eigenvalue weighted by atomic mass is 14.9. The van der Waals surface area contributed by atoms with Crippen LogP contribution in [0, 0.1) is 0 Å². The summed E-state index contributed by atoms with van der Waals surface area (Å²) in [5, 5.41) is 4.54. The fourth-order valence-electron chi connectivity index (χ4n) is 2.40. The molecule has 3 nitrogen and oxygen atoms in total. The van der Waals surface area contributed by atoms with Gasteiger partial charge in [0, 0.05) is 23.0 Å². The molecule has 100 valence electrons. The Hall–Kier alpha value is -2.55. The molecule has 0 bridgehead atoms. The van der Waals surface area contributed by atoms with Gasteiger partial charge < -0.3 is 11.1 Å². The number of benzene rings is 2. The van der Waals surface area contributed by atoms with Gasteiger partial charge in [-0.15, -0.1) is 0 Å². The van der Waals surface area contributed by atoms with E-state index in [1.54, 1.807) is 6.20 Å². The third kappa shape index (κ3) is 2.18. The molecule has 0 aliphatic carbocycles. The first kappa shape index (κ1) is 12.5. The number of nitrogens with zero attached hydrogens (tertiary/aromatic N) is 1. The van der Waals surface area contributed by atoms with Crippen LogP contribution in [0.5, 0.6) is 0 Å². The number of fused-ring (bicyclic) bond motifs is 1. The molecule has 0 unspecified atom stereocenters. The molecule has 0 spiro atoms. The minimum Gasteiger partial charge on any atom is -0.397 e. The molecule has 1 heterocycles. The van der Waals surface area contributed by atoms with Crippen molar-refractivity contribution in [3.05, 3.63) is 60.3 Å². The lowest BCUT2D eigenvalue weighted by Gasteiger charge is -2.13. The first-order chi connectivity index (χ1) is 9.79. The zero-order chi connectivity index (χ0) is 13.9. The fraction of sp³-hybridized carbons (Fsp3) is 0.118. The van der Waals surface area contributed by atoms with Gasteiger partial charge in [0.05, 0.1) is 11.2 Å². The fourth-order valence-corrected chi connectivity index (χ4v) is 2.40. The number of nitrogens with one attached hydrogen (secondary N) is 1. The second kappa shape index (κ2) is 5.21. The summed E-state index contributed by atoms with van der Waals surface area (Å²) in [6.07, 6.45) is 2.78. The highest BCUT2D eigenvalue weighted by Gasteiger charge is 2.06. The van der Waals surface area contributed by atoms with Crippen LogP contribution in [0.3, 0.4) is 0 Å². The van der Waals surface area contributed by atoms with E-state index in [1.807, 2.05) is 30.3 Å². The van der Waals surface area contributed by atoms with E-state index in [0.717, 1.165) is 28.7 Å². The number of pyridine rings is 1. The lowest BCUT2D eigenvalue weighted by atomic mass is 10.1. The number of aromatic nitrogens is 1. The number of anilines is 3. The summed E-state index contributed by atoms with van der Waals surface area (Å²) in [6, 6.07) is 16.2. The summed E-state index contributed by atoms with van der Waals surface area (Å²) in [5.74, 6) is 0. The standard InChI is InChI=1S/C17H17N3/c1-2-12-6-3-4-9-15(12)20-16-10-11-19-17-13(16)7-5-8-14(17)18/h3-11H,2,18H2,1H3,(H,19,20). The van der Waals surface area contributed by atoms with Crippen LogP contribution in [0.4, 0.5) is 17.1 Å². The molecule has 3 heteroatoms. The van der Waals surface area contributed by atoms with Gasteiger partial charge in [0.25, 0.3) is 0 Å². The van der Waals surface area contributed by atoms with Gasteiger partial charge in [0.1, 0.15) is 0 Å². The maximum atomic E-state index is 5.98. The van der Waals surface area contributed by atoms with Crippen molar-refractivity contribution in [2.45, 2.75) is 13.3 Å². The van der Waals surface area contributed by atoms with E-state index in [9.17, 15) is 0 Å². The molecular formula is C17H17N3. The quantitative estimate of drug-likeness (QED) is 0.699. The number of rotatable bonds is 3. The Bertz CT molecular complexity index is 750. The molecule has 0 saturated carbocycles. The average Bonchev–Trinajstić information content (AvgIpc) is 2.49. The Balaban J connectivity index is 2.09. The molecule has 3 rings (SSSR count). The van der Waals surface area contributed by atoms with E-state index in [1.165, 1.54) is 5.56 Å². The smallest absolute Gasteiger partial charge is 0.0951 e. The van der Waals surface area contributed by atoms with Crippen molar-refractivity contribution in [1.82, 2.24) is 4.98 Å². The molecule has 1 aromatic heterocycles. The Morgan fingerprint density at radius 1 is 1.00 bits per heavy atom. The summed E-state index contributed by atoms with van der Waals surface area (Å²) in [4.78, 5) is 4.36. The second-order valence-electron chi connectivity index (χ2n) is 4.74. The number of hydrogen-bond acceptors (Lipinski definition) is 3. The molecule has 3 N–H and O–H groups in total. The number of aryl methyl sites for hydroxylation is 1. The molecule has 0 saturated heterocycles. The third-order valence-corrected chi connectivity index (χ3v) is 3.47. The first-order valence-electron chi connectivity index (χ1n) is 6.77. The average molecular weight is 263 g/mol. The molecular weight excluding hydrogens is 246 g/mol. The highest BCUT2D eigenvalue weighted by molar-refractivity contribution is 5.98. The Labute approximate surface area is 118 Å². The summed E-state index contributed by atoms with van der Waals surface area (Å²) in [7, 11) is 0. The van der Waals surface area contributed by atoms with Gasteiger partial charge in [0.2, 0.25) is 0 Å². The molecule has 0 aliphatic heterocycles. The van der Waals surface area contributed by atoms with Crippen molar-refractivity contribution >= 4 is 28.0 Å². The zero-order valence-electron chi connectivity index (χ0n) is 11.4. The largest absolute Gasteiger partial charge is 0.397 e. The predicted octanol–water partition coefficient (Wildman–Crippen LogP) is 4.12. The van der Waals surface area contributed by atoms with Crippen molar-refractivity contribution in [3.63, 3.8) is 0 Å². The van der Waals surface area contributed by atoms with Gasteiger partial charge in [-0.25, -0.2) is 0 Å². The van der Waals surface area contributed by atoms with E-state index in [4.69, 9.17) is 5.73 Å². The predicted molar refractivity (Wildman–Crippen MR) is 85.3 cm³/mol. The molecule has 0 fully saturated rings. The molecule has 0 amide bonds. The summed E-state index contributed by atoms with van der Waals surface area (Å²) in [5.41, 5.74) is 11.0. The normalized spacial score (nSPS) is 10.7. The third-order valence-electron chi connectivity index (χ3n) is 3.47. The Kier molecular flexibility index (Phi) is 3.25. The van der Waals surface area contributed by atoms with Crippen molar-refractivity contribution in [2.75, 3.05) is 11.1 Å². The first-order valence-corrected chi connectivity index (χ1v) is 6.77. The van der Waals surface area contributed by atoms with Gasteiger partial charge >= 0.3 is 0 Å². The maximum absolute atomic E-state index is 5.98. The van der Waals surface area contributed by atoms with E-state index < -0.39 is 0 Å². The number of para-hydroxylation sites is 2. The minimum atomic E-state index is 0.704. The second-order valence-corrected chi connectivity index (χ2v) is 4.74. The van der Waals surface area contributed by atoms with E-state index in [-0.39, 0.29) is 0 Å². The van der Waals surface area contributed by atoms with Crippen LogP contribution in [-0.4, -0.2) is 4.98 Å². The Morgan fingerprint density at radius 3 is 2.70 bits per heavy atom. The van der Waals surface area contributed by atoms with Gasteiger partial charge in [-0.1, -0.05) is 37.3 Å². The molecule has 0 aliphatic rings. The van der Waals surface area contributed by atoms with Crippen molar-refractivity contribution in [2.24, 2.45) is 0 Å². The Morgan fingerprint density at radius 2 is 1.85 bits per heavy atom. The van der Waals surface area contributed by atoms with E-state index in [0.29, 0.717) is 5.69 Å². The topological polar surface area (TPSA) is 50.9 Å². The van der Waals surface area contributed by atoms with Gasteiger partial charge in [-0.3, -0.25) is 4.98 Å². The van der Waals surface area contributed by atoms with Gasteiger partial charge in [-0.2, -0.15) is 0 Å². The van der Waals surface area contributed by atoms with Crippen LogP contribution in [0.2, 0.25) is 0 Å². The maximum Gasteiger partial charge on any atom is 0.0951 e. The van der Waals surface area contributed by atoms with Gasteiger partial charge in [0.15, 0.2) is 0 Å². The van der Waals surface area contributed by atoms with Crippen LogP contribution in [0.1, 0.15) is 12.5 Å². The lowest BCUT2D eigenvalue weighted by Crippen LogP contribution is -1.97. The van der Waals surface area contributed by atoms with Crippen LogP contribution in [-0.2, 0) is 6.42 Å². The van der Waals surface area contributed by atoms with Crippen LogP contribution < -0.4 is 11.1 Å². The number of nitrogens with two attached hydrogens (primary N) is 1. The summed E-state index contributed by atoms with van der Waals surface area (Å²) in [6.45, 7) is 2.16. The van der Waals surface area contributed by atoms with Crippen molar-refractivity contribution < 1.29 is 0 Å². The van der Waals surface area contributed by atoms with E-state index >= 15 is 0 Å². The molecule has 0 radical (unpaired) electrons. The minimum absolute atomic E-state index is 0.704. The lowest BCUT2D eigenvalue weighted by molar-refractivity contribution is 1.14. The van der Waals surface area contributed by atoms with E-state index in [2.05, 4.69) is 35.4 Å². The molecule has 2 aromatic carbocycles. The van der Waals surface area contributed by atoms with Crippen LogP contribution in [0.25, 0.3) is 10.9 Å². The molecule has 20 heavy (non-hydrogen) atoms. The van der Waals surface area contributed by atoms with Crippen molar-refractivity contribution in [3.8, 4) is 0 Å². The highest BCUT2D eigenvalue weighted by Crippen LogP contribution is 2.29. The SMILES string of the molecule is CCc1ccccc1Nc1ccnc2c(N)cccc12. The van der Waals surface area contributed by atoms with Crippen LogP contribution >= 0.6 is 0 Å². The number of nitrogen functional groups attached to an aromatic ring is 1. The van der Waals surface area contributed by atoms with Gasteiger partial charge in [-0.05, 0) is 30.2 Å². The molecule has 0 atom stereocenters. The summed E-state index contributed by atoms with van der Waals surface area (Å²) >= 11 is 0. The van der Waals surface area contributed by atoms with Crippen LogP contribution in [0.15, 0.2) is 54.7 Å². The molecule has 3 aromatic rings. The number of hydrogen-bond donors (Lipinski definition) is 2.